The van der Waals surface area contributed by atoms with Crippen molar-refractivity contribution in [2.75, 3.05) is 0 Å². The molecule has 0 unspecified atom stereocenters. The second kappa shape index (κ2) is 5.69. The molecule has 0 spiro atoms. The molecule has 5 nitrogen and oxygen atoms in total. The standard InChI is InChI=1S/C14H9ClF2N4O/c15-9-3-1-2-8(4-9)7-18-14(22)21-13-11(17)5-10(16)6-12(13)19-20-21/h1-6H,7H2,(H,18,22). The number of nitrogens with zero attached hydrogens (tertiary/aromatic N) is 3. The first-order valence-electron chi connectivity index (χ1n) is 6.28. The second-order valence-electron chi connectivity index (χ2n) is 4.55. The summed E-state index contributed by atoms with van der Waals surface area (Å²) in [6, 6.07) is 7.93. The number of rotatable bonds is 2. The lowest BCUT2D eigenvalue weighted by Gasteiger charge is -2.06. The number of amides is 1. The molecule has 3 aromatic rings. The molecule has 22 heavy (non-hydrogen) atoms. The minimum Gasteiger partial charge on any atom is -0.332 e. The van der Waals surface area contributed by atoms with Crippen LogP contribution in [0.2, 0.25) is 5.02 Å². The van der Waals surface area contributed by atoms with E-state index in [2.05, 4.69) is 15.6 Å². The fourth-order valence-electron chi connectivity index (χ4n) is 2.02. The van der Waals surface area contributed by atoms with Gasteiger partial charge in [-0.1, -0.05) is 28.9 Å². The van der Waals surface area contributed by atoms with Crippen molar-refractivity contribution in [1.82, 2.24) is 20.3 Å². The summed E-state index contributed by atoms with van der Waals surface area (Å²) in [5.74, 6) is -1.69. The summed E-state index contributed by atoms with van der Waals surface area (Å²) in [7, 11) is 0. The van der Waals surface area contributed by atoms with E-state index in [0.29, 0.717) is 11.1 Å². The number of carbonyl (C=O) groups excluding carboxylic acids is 1. The molecule has 0 bridgehead atoms. The van der Waals surface area contributed by atoms with Crippen molar-refractivity contribution >= 4 is 28.7 Å². The highest BCUT2D eigenvalue weighted by Crippen LogP contribution is 2.17. The minimum absolute atomic E-state index is 0.0320. The molecule has 8 heteroatoms. The summed E-state index contributed by atoms with van der Waals surface area (Å²) in [5.41, 5.74) is 0.567. The number of benzene rings is 2. The Morgan fingerprint density at radius 1 is 1.27 bits per heavy atom. The van der Waals surface area contributed by atoms with Crippen molar-refractivity contribution in [2.45, 2.75) is 6.54 Å². The largest absolute Gasteiger partial charge is 0.344 e. The third-order valence-electron chi connectivity index (χ3n) is 2.99. The van der Waals surface area contributed by atoms with E-state index in [0.717, 1.165) is 16.3 Å². The van der Waals surface area contributed by atoms with Crippen LogP contribution in [-0.2, 0) is 6.54 Å². The topological polar surface area (TPSA) is 59.8 Å². The average molecular weight is 323 g/mol. The zero-order chi connectivity index (χ0) is 15.7. The molecule has 0 aliphatic rings. The van der Waals surface area contributed by atoms with Gasteiger partial charge in [0, 0.05) is 23.7 Å². The van der Waals surface area contributed by atoms with Gasteiger partial charge in [-0.05, 0) is 17.7 Å². The number of nitrogens with one attached hydrogen (secondary N) is 1. The molecule has 0 atom stereocenters. The van der Waals surface area contributed by atoms with Crippen LogP contribution in [0.1, 0.15) is 5.56 Å². The van der Waals surface area contributed by atoms with Crippen LogP contribution in [-0.4, -0.2) is 21.0 Å². The van der Waals surface area contributed by atoms with Crippen molar-refractivity contribution in [1.29, 1.82) is 0 Å². The minimum atomic E-state index is -0.905. The number of halogens is 3. The monoisotopic (exact) mass is 322 g/mol. The highest BCUT2D eigenvalue weighted by atomic mass is 35.5. The van der Waals surface area contributed by atoms with Gasteiger partial charge in [-0.2, -0.15) is 4.68 Å². The molecule has 112 valence electrons. The Morgan fingerprint density at radius 2 is 2.09 bits per heavy atom. The third-order valence-corrected chi connectivity index (χ3v) is 3.22. The summed E-state index contributed by atoms with van der Waals surface area (Å²) in [6.45, 7) is 0.184. The number of aromatic nitrogens is 3. The van der Waals surface area contributed by atoms with Crippen molar-refractivity contribution in [3.63, 3.8) is 0 Å². The molecular weight excluding hydrogens is 314 g/mol. The number of fused-ring (bicyclic) bond motifs is 1. The fraction of sp³-hybridized carbons (Fsp3) is 0.0714. The average Bonchev–Trinajstić information content (AvgIpc) is 2.89. The van der Waals surface area contributed by atoms with E-state index >= 15 is 0 Å². The summed E-state index contributed by atoms with van der Waals surface area (Å²) in [4.78, 5) is 12.1. The molecule has 2 aromatic carbocycles. The molecule has 1 heterocycles. The molecule has 0 aliphatic heterocycles. The van der Waals surface area contributed by atoms with E-state index in [4.69, 9.17) is 11.6 Å². The van der Waals surface area contributed by atoms with E-state index in [9.17, 15) is 13.6 Å². The van der Waals surface area contributed by atoms with Gasteiger partial charge in [0.1, 0.15) is 16.9 Å². The van der Waals surface area contributed by atoms with E-state index in [-0.39, 0.29) is 17.6 Å². The van der Waals surface area contributed by atoms with Crippen LogP contribution < -0.4 is 5.32 Å². The summed E-state index contributed by atoms with van der Waals surface area (Å²) in [6.07, 6.45) is 0. The third kappa shape index (κ3) is 2.75. The van der Waals surface area contributed by atoms with Crippen LogP contribution in [0.15, 0.2) is 36.4 Å². The zero-order valence-electron chi connectivity index (χ0n) is 11.1. The number of carbonyl (C=O) groups is 1. The van der Waals surface area contributed by atoms with Gasteiger partial charge in [0.25, 0.3) is 0 Å². The fourth-order valence-corrected chi connectivity index (χ4v) is 2.23. The van der Waals surface area contributed by atoms with E-state index in [1.165, 1.54) is 0 Å². The molecule has 3 rings (SSSR count). The summed E-state index contributed by atoms with van der Waals surface area (Å²) >= 11 is 5.85. The summed E-state index contributed by atoms with van der Waals surface area (Å²) < 4.78 is 27.6. The Kier molecular flexibility index (Phi) is 3.72. The predicted octanol–water partition coefficient (Wildman–Crippen LogP) is 3.12. The zero-order valence-corrected chi connectivity index (χ0v) is 11.8. The molecule has 0 aliphatic carbocycles. The molecule has 0 saturated heterocycles. The Hall–Kier alpha value is -2.54. The van der Waals surface area contributed by atoms with Gasteiger partial charge in [0.15, 0.2) is 5.82 Å². The molecule has 1 aromatic heterocycles. The molecule has 0 radical (unpaired) electrons. The Morgan fingerprint density at radius 3 is 2.86 bits per heavy atom. The number of hydrogen-bond acceptors (Lipinski definition) is 3. The van der Waals surface area contributed by atoms with Crippen LogP contribution in [0.4, 0.5) is 13.6 Å². The molecule has 1 amide bonds. The van der Waals surface area contributed by atoms with Gasteiger partial charge in [-0.15, -0.1) is 5.10 Å². The van der Waals surface area contributed by atoms with Gasteiger partial charge in [-0.3, -0.25) is 0 Å². The maximum atomic E-state index is 13.8. The molecule has 1 N–H and O–H groups in total. The van der Waals surface area contributed by atoms with Gasteiger partial charge >= 0.3 is 6.03 Å². The first kappa shape index (κ1) is 14.4. The molecule has 0 saturated carbocycles. The quantitative estimate of drug-likeness (QED) is 0.788. The lowest BCUT2D eigenvalue weighted by Crippen LogP contribution is -2.29. The highest BCUT2D eigenvalue weighted by Gasteiger charge is 2.16. The van der Waals surface area contributed by atoms with E-state index in [1.54, 1.807) is 24.3 Å². The molecular formula is C14H9ClF2N4O. The van der Waals surface area contributed by atoms with Crippen molar-refractivity contribution in [2.24, 2.45) is 0 Å². The van der Waals surface area contributed by atoms with Crippen LogP contribution in [0.25, 0.3) is 11.0 Å². The van der Waals surface area contributed by atoms with Crippen molar-refractivity contribution in [3.8, 4) is 0 Å². The summed E-state index contributed by atoms with van der Waals surface area (Å²) in [5, 5.41) is 10.2. The van der Waals surface area contributed by atoms with Crippen molar-refractivity contribution < 1.29 is 13.6 Å². The highest BCUT2D eigenvalue weighted by molar-refractivity contribution is 6.30. The SMILES string of the molecule is O=C(NCc1cccc(Cl)c1)n1nnc2cc(F)cc(F)c21. The van der Waals surface area contributed by atoms with E-state index in [1.807, 2.05) is 0 Å². The van der Waals surface area contributed by atoms with Crippen LogP contribution in [0.5, 0.6) is 0 Å². The maximum absolute atomic E-state index is 13.8. The first-order valence-corrected chi connectivity index (χ1v) is 6.65. The Labute approximate surface area is 128 Å². The van der Waals surface area contributed by atoms with Crippen LogP contribution in [0, 0.1) is 11.6 Å². The van der Waals surface area contributed by atoms with Gasteiger partial charge in [-0.25, -0.2) is 13.6 Å². The van der Waals surface area contributed by atoms with Gasteiger partial charge < -0.3 is 5.32 Å². The predicted molar refractivity (Wildman–Crippen MR) is 76.5 cm³/mol. The van der Waals surface area contributed by atoms with Crippen LogP contribution in [0.3, 0.4) is 0 Å². The van der Waals surface area contributed by atoms with Crippen LogP contribution >= 0.6 is 11.6 Å². The molecule has 0 fully saturated rings. The normalized spacial score (nSPS) is 10.9. The lowest BCUT2D eigenvalue weighted by atomic mass is 10.2. The van der Waals surface area contributed by atoms with E-state index < -0.39 is 17.7 Å². The van der Waals surface area contributed by atoms with Crippen molar-refractivity contribution in [3.05, 3.63) is 58.6 Å². The number of hydrogen-bond donors (Lipinski definition) is 1. The second-order valence-corrected chi connectivity index (χ2v) is 4.98. The van der Waals surface area contributed by atoms with Gasteiger partial charge in [0.05, 0.1) is 0 Å². The maximum Gasteiger partial charge on any atom is 0.344 e. The first-order chi connectivity index (χ1) is 10.5. The lowest BCUT2D eigenvalue weighted by molar-refractivity contribution is 0.239. The Bertz CT molecular complexity index is 865. The smallest absolute Gasteiger partial charge is 0.332 e. The Balaban J connectivity index is 1.84. The van der Waals surface area contributed by atoms with Gasteiger partial charge in [0.2, 0.25) is 0 Å².